The van der Waals surface area contributed by atoms with E-state index in [4.69, 9.17) is 10.8 Å². The van der Waals surface area contributed by atoms with E-state index in [1.54, 1.807) is 0 Å². The largest absolute Gasteiger partial charge is 0.480 e. The van der Waals surface area contributed by atoms with E-state index in [0.29, 0.717) is 0 Å². The van der Waals surface area contributed by atoms with Gasteiger partial charge in [0.05, 0.1) is 0 Å². The Bertz CT molecular complexity index is 144. The van der Waals surface area contributed by atoms with Crippen molar-refractivity contribution in [3.05, 3.63) is 0 Å². The standard InChI is InChI=1S/C6H11F2NO2/c1-6(7,8)3-2-4(9)5(10)11/h4H,2-3,9H2,1H3,(H,10,11)/t4-/m0/s1. The van der Waals surface area contributed by atoms with E-state index in [0.717, 1.165) is 6.92 Å². The molecule has 0 aromatic rings. The number of carboxylic acid groups (broad SMARTS) is 1. The van der Waals surface area contributed by atoms with Crippen molar-refractivity contribution in [3.63, 3.8) is 0 Å². The third-order valence-electron chi connectivity index (χ3n) is 1.21. The number of rotatable bonds is 4. The Kier molecular flexibility index (Phi) is 3.38. The summed E-state index contributed by atoms with van der Waals surface area (Å²) in [6.07, 6.45) is -0.681. The third-order valence-corrected chi connectivity index (χ3v) is 1.21. The van der Waals surface area contributed by atoms with Crippen molar-refractivity contribution in [2.24, 2.45) is 5.73 Å². The Morgan fingerprint density at radius 1 is 1.73 bits per heavy atom. The van der Waals surface area contributed by atoms with Gasteiger partial charge in [0, 0.05) is 6.42 Å². The van der Waals surface area contributed by atoms with E-state index in [2.05, 4.69) is 0 Å². The van der Waals surface area contributed by atoms with Crippen molar-refractivity contribution in [2.75, 3.05) is 0 Å². The average molecular weight is 167 g/mol. The Labute approximate surface area is 63.2 Å². The maximum Gasteiger partial charge on any atom is 0.320 e. The molecule has 3 N–H and O–H groups in total. The van der Waals surface area contributed by atoms with Crippen LogP contribution in [0.3, 0.4) is 0 Å². The fraction of sp³-hybridized carbons (Fsp3) is 0.833. The van der Waals surface area contributed by atoms with Crippen LogP contribution in [-0.2, 0) is 4.79 Å². The van der Waals surface area contributed by atoms with Gasteiger partial charge < -0.3 is 10.8 Å². The van der Waals surface area contributed by atoms with Gasteiger partial charge in [0.2, 0.25) is 5.92 Å². The second-order valence-electron chi connectivity index (χ2n) is 2.55. The number of nitrogens with two attached hydrogens (primary N) is 1. The molecule has 0 aliphatic rings. The Balaban J connectivity index is 3.63. The average Bonchev–Trinajstić information content (AvgIpc) is 1.80. The van der Waals surface area contributed by atoms with Gasteiger partial charge in [-0.1, -0.05) is 0 Å². The molecule has 0 unspecified atom stereocenters. The molecule has 11 heavy (non-hydrogen) atoms. The van der Waals surface area contributed by atoms with Crippen molar-refractivity contribution >= 4 is 5.97 Å². The molecule has 0 bridgehead atoms. The van der Waals surface area contributed by atoms with Crippen LogP contribution < -0.4 is 5.73 Å². The van der Waals surface area contributed by atoms with Crippen molar-refractivity contribution in [1.29, 1.82) is 0 Å². The van der Waals surface area contributed by atoms with E-state index < -0.39 is 24.4 Å². The Morgan fingerprint density at radius 3 is 2.45 bits per heavy atom. The van der Waals surface area contributed by atoms with Gasteiger partial charge in [0.15, 0.2) is 0 Å². The molecule has 0 aromatic heterocycles. The first kappa shape index (κ1) is 10.3. The van der Waals surface area contributed by atoms with Gasteiger partial charge in [-0.3, -0.25) is 4.79 Å². The van der Waals surface area contributed by atoms with Gasteiger partial charge in [-0.05, 0) is 13.3 Å². The molecule has 0 fully saturated rings. The fourth-order valence-electron chi connectivity index (χ4n) is 0.532. The van der Waals surface area contributed by atoms with Crippen LogP contribution in [0.15, 0.2) is 0 Å². The second-order valence-corrected chi connectivity index (χ2v) is 2.55. The number of alkyl halides is 2. The van der Waals surface area contributed by atoms with Gasteiger partial charge in [-0.25, -0.2) is 8.78 Å². The number of carboxylic acids is 1. The van der Waals surface area contributed by atoms with E-state index in [9.17, 15) is 13.6 Å². The highest BCUT2D eigenvalue weighted by Gasteiger charge is 2.23. The van der Waals surface area contributed by atoms with Gasteiger partial charge in [-0.15, -0.1) is 0 Å². The molecule has 0 aliphatic carbocycles. The second kappa shape index (κ2) is 3.61. The monoisotopic (exact) mass is 167 g/mol. The molecule has 3 nitrogen and oxygen atoms in total. The molecule has 0 spiro atoms. The van der Waals surface area contributed by atoms with Crippen molar-refractivity contribution in [3.8, 4) is 0 Å². The summed E-state index contributed by atoms with van der Waals surface area (Å²) in [5.41, 5.74) is 4.99. The van der Waals surface area contributed by atoms with Gasteiger partial charge in [0.1, 0.15) is 6.04 Å². The first-order chi connectivity index (χ1) is 4.83. The lowest BCUT2D eigenvalue weighted by atomic mass is 10.1. The van der Waals surface area contributed by atoms with Crippen LogP contribution in [0.5, 0.6) is 0 Å². The highest BCUT2D eigenvalue weighted by molar-refractivity contribution is 5.72. The zero-order valence-corrected chi connectivity index (χ0v) is 6.18. The van der Waals surface area contributed by atoms with E-state index in [-0.39, 0.29) is 6.42 Å². The van der Waals surface area contributed by atoms with Crippen molar-refractivity contribution < 1.29 is 18.7 Å². The Morgan fingerprint density at radius 2 is 2.18 bits per heavy atom. The molecular weight excluding hydrogens is 156 g/mol. The maximum absolute atomic E-state index is 12.1. The zero-order valence-electron chi connectivity index (χ0n) is 6.18. The molecule has 0 aliphatic heterocycles. The lowest BCUT2D eigenvalue weighted by Gasteiger charge is -2.11. The highest BCUT2D eigenvalue weighted by Crippen LogP contribution is 2.19. The van der Waals surface area contributed by atoms with E-state index >= 15 is 0 Å². The minimum absolute atomic E-state index is 0.196. The topological polar surface area (TPSA) is 63.3 Å². The molecule has 66 valence electrons. The van der Waals surface area contributed by atoms with Crippen LogP contribution in [0.1, 0.15) is 19.8 Å². The van der Waals surface area contributed by atoms with E-state index in [1.807, 2.05) is 0 Å². The predicted octanol–water partition coefficient (Wildman–Crippen LogP) is 0.834. The third kappa shape index (κ3) is 5.72. The van der Waals surface area contributed by atoms with Crippen molar-refractivity contribution in [2.45, 2.75) is 31.7 Å². The number of carbonyl (C=O) groups is 1. The van der Waals surface area contributed by atoms with Gasteiger partial charge in [0.25, 0.3) is 0 Å². The van der Waals surface area contributed by atoms with Crippen LogP contribution in [-0.4, -0.2) is 23.0 Å². The summed E-state index contributed by atoms with van der Waals surface area (Å²) in [6, 6.07) is -1.18. The van der Waals surface area contributed by atoms with E-state index in [1.165, 1.54) is 0 Å². The molecule has 1 atom stereocenters. The quantitative estimate of drug-likeness (QED) is 0.651. The number of halogens is 2. The molecule has 0 aromatic carbocycles. The van der Waals surface area contributed by atoms with Crippen LogP contribution in [0.25, 0.3) is 0 Å². The van der Waals surface area contributed by atoms with Crippen LogP contribution in [0.4, 0.5) is 8.78 Å². The van der Waals surface area contributed by atoms with Gasteiger partial charge >= 0.3 is 5.97 Å². The summed E-state index contributed by atoms with van der Waals surface area (Å²) < 4.78 is 24.2. The lowest BCUT2D eigenvalue weighted by molar-refractivity contribution is -0.139. The summed E-state index contributed by atoms with van der Waals surface area (Å²) in [6.45, 7) is 0.738. The molecule has 0 amide bonds. The molecule has 0 rings (SSSR count). The predicted molar refractivity (Wildman–Crippen MR) is 35.5 cm³/mol. The summed E-state index contributed by atoms with van der Waals surface area (Å²) in [5.74, 6) is -4.07. The summed E-state index contributed by atoms with van der Waals surface area (Å²) in [4.78, 5) is 10.0. The first-order valence-electron chi connectivity index (χ1n) is 3.19. The summed E-state index contributed by atoms with van der Waals surface area (Å²) in [5, 5.41) is 8.21. The molecule has 0 saturated carbocycles. The maximum atomic E-state index is 12.1. The summed E-state index contributed by atoms with van der Waals surface area (Å²) in [7, 11) is 0. The number of hydrogen-bond acceptors (Lipinski definition) is 2. The number of aliphatic carboxylic acids is 1. The van der Waals surface area contributed by atoms with Crippen LogP contribution in [0, 0.1) is 0 Å². The highest BCUT2D eigenvalue weighted by atomic mass is 19.3. The first-order valence-corrected chi connectivity index (χ1v) is 3.19. The van der Waals surface area contributed by atoms with Gasteiger partial charge in [-0.2, -0.15) is 0 Å². The Hall–Kier alpha value is -0.710. The minimum Gasteiger partial charge on any atom is -0.480 e. The SMILES string of the molecule is CC(F)(F)CC[C@H](N)C(=O)O. The van der Waals surface area contributed by atoms with Crippen molar-refractivity contribution in [1.82, 2.24) is 0 Å². The molecule has 5 heteroatoms. The molecule has 0 heterocycles. The number of hydrogen-bond donors (Lipinski definition) is 2. The molecule has 0 saturated heterocycles. The zero-order chi connectivity index (χ0) is 9.07. The minimum atomic E-state index is -2.83. The van der Waals surface area contributed by atoms with Crippen LogP contribution in [0.2, 0.25) is 0 Å². The lowest BCUT2D eigenvalue weighted by Crippen LogP contribution is -2.31. The summed E-state index contributed by atoms with van der Waals surface area (Å²) >= 11 is 0. The fourth-order valence-corrected chi connectivity index (χ4v) is 0.532. The molecule has 0 radical (unpaired) electrons. The molecular formula is C6H11F2NO2. The smallest absolute Gasteiger partial charge is 0.320 e. The normalized spacial score (nSPS) is 14.5. The van der Waals surface area contributed by atoms with Crippen LogP contribution >= 0.6 is 0 Å².